The summed E-state index contributed by atoms with van der Waals surface area (Å²) in [4.78, 5) is 13.9. The summed E-state index contributed by atoms with van der Waals surface area (Å²) in [7, 11) is 0. The van der Waals surface area contributed by atoms with E-state index in [0.29, 0.717) is 0 Å². The molecule has 1 saturated heterocycles. The zero-order chi connectivity index (χ0) is 11.9. The van der Waals surface area contributed by atoms with E-state index < -0.39 is 12.2 Å². The summed E-state index contributed by atoms with van der Waals surface area (Å²) >= 11 is 0. The van der Waals surface area contributed by atoms with E-state index in [0.717, 1.165) is 19.3 Å². The van der Waals surface area contributed by atoms with Gasteiger partial charge in [0.1, 0.15) is 0 Å². The second kappa shape index (κ2) is 4.00. The predicted molar refractivity (Wildman–Crippen MR) is 59.7 cm³/mol. The van der Waals surface area contributed by atoms with E-state index in [1.807, 2.05) is 0 Å². The van der Waals surface area contributed by atoms with E-state index in [9.17, 15) is 15.0 Å². The first-order chi connectivity index (χ1) is 7.42. The van der Waals surface area contributed by atoms with E-state index in [-0.39, 0.29) is 30.3 Å². The molecule has 0 bridgehead atoms. The molecule has 3 atom stereocenters. The first-order valence-corrected chi connectivity index (χ1v) is 6.07. The lowest BCUT2D eigenvalue weighted by Crippen LogP contribution is -2.39. The molecule has 1 aliphatic heterocycles. The maximum Gasteiger partial charge on any atom is 0.226 e. The van der Waals surface area contributed by atoms with Gasteiger partial charge in [-0.1, -0.05) is 20.3 Å². The fraction of sp³-hybridized carbons (Fsp3) is 0.917. The van der Waals surface area contributed by atoms with Gasteiger partial charge in [-0.05, 0) is 18.3 Å². The molecule has 1 saturated carbocycles. The molecule has 92 valence electrons. The van der Waals surface area contributed by atoms with Crippen LogP contribution in [0.3, 0.4) is 0 Å². The Morgan fingerprint density at radius 2 is 1.81 bits per heavy atom. The van der Waals surface area contributed by atoms with Gasteiger partial charge in [0.15, 0.2) is 0 Å². The molecule has 1 aliphatic carbocycles. The van der Waals surface area contributed by atoms with Crippen molar-refractivity contribution in [2.75, 3.05) is 13.1 Å². The molecule has 2 fully saturated rings. The summed E-state index contributed by atoms with van der Waals surface area (Å²) in [5.74, 6) is 0.170. The van der Waals surface area contributed by atoms with Gasteiger partial charge in [-0.2, -0.15) is 0 Å². The van der Waals surface area contributed by atoms with Crippen LogP contribution in [0.1, 0.15) is 33.1 Å². The van der Waals surface area contributed by atoms with Crippen LogP contribution in [0, 0.1) is 11.3 Å². The van der Waals surface area contributed by atoms with Crippen molar-refractivity contribution in [3.8, 4) is 0 Å². The van der Waals surface area contributed by atoms with Gasteiger partial charge in [0.05, 0.1) is 12.2 Å². The average molecular weight is 227 g/mol. The van der Waals surface area contributed by atoms with Crippen LogP contribution in [0.25, 0.3) is 0 Å². The Balaban J connectivity index is 2.03. The standard InChI is InChI=1S/C12H21NO3/c1-12(2)5-3-4-8(12)11(16)13-6-9(14)10(15)7-13/h8-10,14-15H,3-7H2,1-2H3/t8?,9-,10+. The highest BCUT2D eigenvalue weighted by Gasteiger charge is 2.43. The van der Waals surface area contributed by atoms with Crippen molar-refractivity contribution in [2.45, 2.75) is 45.3 Å². The minimum Gasteiger partial charge on any atom is -0.388 e. The zero-order valence-corrected chi connectivity index (χ0v) is 10.0. The molecule has 1 amide bonds. The number of aliphatic hydroxyl groups is 2. The van der Waals surface area contributed by atoms with Gasteiger partial charge < -0.3 is 15.1 Å². The third kappa shape index (κ3) is 1.96. The number of carbonyl (C=O) groups excluding carboxylic acids is 1. The number of hydrogen-bond acceptors (Lipinski definition) is 3. The Bertz CT molecular complexity index is 280. The molecule has 4 nitrogen and oxygen atoms in total. The van der Waals surface area contributed by atoms with Crippen LogP contribution in [-0.4, -0.2) is 46.3 Å². The number of rotatable bonds is 1. The van der Waals surface area contributed by atoms with Crippen molar-refractivity contribution in [1.82, 2.24) is 4.90 Å². The van der Waals surface area contributed by atoms with Crippen molar-refractivity contribution in [2.24, 2.45) is 11.3 Å². The van der Waals surface area contributed by atoms with Crippen molar-refractivity contribution in [1.29, 1.82) is 0 Å². The lowest BCUT2D eigenvalue weighted by molar-refractivity contribution is -0.137. The van der Waals surface area contributed by atoms with Crippen molar-refractivity contribution in [3.63, 3.8) is 0 Å². The van der Waals surface area contributed by atoms with E-state index in [2.05, 4.69) is 13.8 Å². The lowest BCUT2D eigenvalue weighted by Gasteiger charge is -2.29. The highest BCUT2D eigenvalue weighted by Crippen LogP contribution is 2.43. The minimum atomic E-state index is -0.770. The number of hydrogen-bond donors (Lipinski definition) is 2. The number of aliphatic hydroxyl groups excluding tert-OH is 2. The molecule has 16 heavy (non-hydrogen) atoms. The Labute approximate surface area is 96.3 Å². The van der Waals surface area contributed by atoms with Gasteiger partial charge in [0.25, 0.3) is 0 Å². The number of likely N-dealkylation sites (tertiary alicyclic amines) is 1. The number of carbonyl (C=O) groups is 1. The van der Waals surface area contributed by atoms with Crippen molar-refractivity contribution in [3.05, 3.63) is 0 Å². The third-order valence-corrected chi connectivity index (χ3v) is 4.13. The summed E-state index contributed by atoms with van der Waals surface area (Å²) < 4.78 is 0. The molecule has 1 heterocycles. The molecule has 1 unspecified atom stereocenters. The summed E-state index contributed by atoms with van der Waals surface area (Å²) in [6.45, 7) is 4.83. The quantitative estimate of drug-likeness (QED) is 0.680. The summed E-state index contributed by atoms with van der Waals surface area (Å²) in [5, 5.41) is 18.9. The van der Waals surface area contributed by atoms with Crippen LogP contribution in [0.5, 0.6) is 0 Å². The molecule has 0 aromatic heterocycles. The largest absolute Gasteiger partial charge is 0.388 e. The molecule has 2 aliphatic rings. The molecule has 0 aromatic carbocycles. The molecule has 0 aromatic rings. The molecular weight excluding hydrogens is 206 g/mol. The maximum absolute atomic E-state index is 12.3. The predicted octanol–water partition coefficient (Wildman–Crippen LogP) is 0.377. The van der Waals surface area contributed by atoms with Crippen LogP contribution in [0.4, 0.5) is 0 Å². The normalized spacial score (nSPS) is 38.0. The third-order valence-electron chi connectivity index (χ3n) is 4.13. The first kappa shape index (κ1) is 11.9. The monoisotopic (exact) mass is 227 g/mol. The van der Waals surface area contributed by atoms with Crippen LogP contribution in [0.2, 0.25) is 0 Å². The van der Waals surface area contributed by atoms with E-state index >= 15 is 0 Å². The van der Waals surface area contributed by atoms with Gasteiger partial charge in [0, 0.05) is 19.0 Å². The molecule has 2 rings (SSSR count). The van der Waals surface area contributed by atoms with Gasteiger partial charge in [0.2, 0.25) is 5.91 Å². The van der Waals surface area contributed by atoms with Gasteiger partial charge in [-0.25, -0.2) is 0 Å². The Morgan fingerprint density at radius 3 is 2.25 bits per heavy atom. The van der Waals surface area contributed by atoms with Crippen LogP contribution in [-0.2, 0) is 4.79 Å². The first-order valence-electron chi connectivity index (χ1n) is 6.07. The lowest BCUT2D eigenvalue weighted by atomic mass is 9.81. The van der Waals surface area contributed by atoms with E-state index in [1.54, 1.807) is 4.90 Å². The molecular formula is C12H21NO3. The Morgan fingerprint density at radius 1 is 1.25 bits per heavy atom. The van der Waals surface area contributed by atoms with Crippen LogP contribution in [0.15, 0.2) is 0 Å². The zero-order valence-electron chi connectivity index (χ0n) is 10.0. The minimum absolute atomic E-state index is 0.0602. The SMILES string of the molecule is CC1(C)CCCC1C(=O)N1C[C@@H](O)[C@@H](O)C1. The van der Waals surface area contributed by atoms with Crippen LogP contribution < -0.4 is 0 Å². The van der Waals surface area contributed by atoms with Crippen molar-refractivity contribution >= 4 is 5.91 Å². The highest BCUT2D eigenvalue weighted by atomic mass is 16.3. The fourth-order valence-corrected chi connectivity index (χ4v) is 2.95. The van der Waals surface area contributed by atoms with Crippen LogP contribution >= 0.6 is 0 Å². The Hall–Kier alpha value is -0.610. The smallest absolute Gasteiger partial charge is 0.226 e. The second-order valence-electron chi connectivity index (χ2n) is 5.81. The highest BCUT2D eigenvalue weighted by molar-refractivity contribution is 5.80. The molecule has 0 spiro atoms. The molecule has 2 N–H and O–H groups in total. The van der Waals surface area contributed by atoms with Gasteiger partial charge >= 0.3 is 0 Å². The van der Waals surface area contributed by atoms with Gasteiger partial charge in [-0.3, -0.25) is 4.79 Å². The average Bonchev–Trinajstić information content (AvgIpc) is 2.70. The topological polar surface area (TPSA) is 60.8 Å². The molecule has 4 heteroatoms. The van der Waals surface area contributed by atoms with E-state index in [1.165, 1.54) is 0 Å². The fourth-order valence-electron chi connectivity index (χ4n) is 2.95. The summed E-state index contributed by atoms with van der Waals surface area (Å²) in [5.41, 5.74) is 0.0651. The number of nitrogens with zero attached hydrogens (tertiary/aromatic N) is 1. The maximum atomic E-state index is 12.3. The van der Waals surface area contributed by atoms with E-state index in [4.69, 9.17) is 0 Å². The second-order valence-corrected chi connectivity index (χ2v) is 5.81. The number of amides is 1. The summed E-state index contributed by atoms with van der Waals surface area (Å²) in [6, 6.07) is 0. The summed E-state index contributed by atoms with van der Waals surface area (Å²) in [6.07, 6.45) is 1.58. The Kier molecular flexibility index (Phi) is 2.97. The number of β-amino-alcohol motifs (C(OH)–C–C–N with tert-alkyl or cyclic N) is 2. The molecule has 0 radical (unpaired) electrons. The van der Waals surface area contributed by atoms with Crippen molar-refractivity contribution < 1.29 is 15.0 Å². The van der Waals surface area contributed by atoms with Gasteiger partial charge in [-0.15, -0.1) is 0 Å².